The van der Waals surface area contributed by atoms with Crippen LogP contribution >= 0.6 is 11.6 Å². The Kier molecular flexibility index (Phi) is 8.11. The lowest BCUT2D eigenvalue weighted by atomic mass is 10.0. The molecular weight excluding hydrogens is 471 g/mol. The summed E-state index contributed by atoms with van der Waals surface area (Å²) >= 11 is 5.82. The molecule has 0 N–H and O–H groups in total. The average Bonchev–Trinajstić information content (AvgIpc) is 3.24. The van der Waals surface area contributed by atoms with Crippen LogP contribution in [0.2, 0.25) is 5.02 Å². The van der Waals surface area contributed by atoms with Gasteiger partial charge >= 0.3 is 0 Å². The van der Waals surface area contributed by atoms with Crippen LogP contribution in [0.15, 0.2) is 47.9 Å². The average molecular weight is 503 g/mol. The maximum atomic E-state index is 14.3. The van der Waals surface area contributed by atoms with Crippen LogP contribution in [-0.2, 0) is 14.3 Å². The molecule has 0 saturated carbocycles. The fourth-order valence-electron chi connectivity index (χ4n) is 4.77. The lowest BCUT2D eigenvalue weighted by molar-refractivity contribution is -0.137. The molecular formula is C26H32ClFN4O3. The number of carbonyl (C=O) groups excluding carboxylic acids is 2. The minimum atomic E-state index is -0.531. The number of pyridine rings is 1. The van der Waals surface area contributed by atoms with Crippen molar-refractivity contribution in [2.24, 2.45) is 0 Å². The Hall–Kier alpha value is -2.87. The molecule has 2 saturated heterocycles. The number of hydrogen-bond acceptors (Lipinski definition) is 5. The maximum absolute atomic E-state index is 14.3. The number of anilines is 1. The largest absolute Gasteiger partial charge is 0.481 e. The van der Waals surface area contributed by atoms with Crippen LogP contribution in [0, 0.1) is 5.82 Å². The number of rotatable bonds is 5. The summed E-state index contributed by atoms with van der Waals surface area (Å²) in [6, 6.07) is 1.37. The first-order valence-corrected chi connectivity index (χ1v) is 12.5. The van der Waals surface area contributed by atoms with Crippen LogP contribution in [0.3, 0.4) is 0 Å². The van der Waals surface area contributed by atoms with Gasteiger partial charge in [-0.15, -0.1) is 0 Å². The minimum Gasteiger partial charge on any atom is -0.481 e. The summed E-state index contributed by atoms with van der Waals surface area (Å²) < 4.78 is 20.4. The first-order chi connectivity index (χ1) is 16.8. The second-order valence-electron chi connectivity index (χ2n) is 9.33. The molecule has 9 heteroatoms. The Morgan fingerprint density at radius 2 is 1.89 bits per heavy atom. The van der Waals surface area contributed by atoms with Crippen molar-refractivity contribution in [3.05, 3.63) is 58.7 Å². The Balaban J connectivity index is 1.35. The zero-order chi connectivity index (χ0) is 24.9. The van der Waals surface area contributed by atoms with Gasteiger partial charge in [-0.25, -0.2) is 9.37 Å². The summed E-state index contributed by atoms with van der Waals surface area (Å²) in [5.41, 5.74) is 0.629. The minimum absolute atomic E-state index is 0.00597. The number of hydrogen-bond donors (Lipinski definition) is 0. The molecule has 7 nitrogen and oxygen atoms in total. The maximum Gasteiger partial charge on any atom is 0.263 e. The van der Waals surface area contributed by atoms with Gasteiger partial charge in [-0.1, -0.05) is 17.7 Å². The number of carbonyl (C=O) groups is 2. The number of piperidine rings is 1. The summed E-state index contributed by atoms with van der Waals surface area (Å²) in [7, 11) is 3.46. The SMILES string of the molecule is CN(C)C(=O)C1=CCCCC=C(OC2CCN(C3CCN(c4ncc(Cl)cc4F)CC3)C2=O)C=C1. The lowest BCUT2D eigenvalue weighted by Gasteiger charge is -2.37. The Labute approximate surface area is 210 Å². The zero-order valence-corrected chi connectivity index (χ0v) is 21.0. The molecule has 3 aliphatic rings. The summed E-state index contributed by atoms with van der Waals surface area (Å²) in [6.07, 6.45) is 13.1. The first kappa shape index (κ1) is 25.2. The number of likely N-dealkylation sites (tertiary alicyclic amines) is 1. The summed E-state index contributed by atoms with van der Waals surface area (Å²) in [5, 5.41) is 0.274. The van der Waals surface area contributed by atoms with E-state index in [4.69, 9.17) is 16.3 Å². The fraction of sp³-hybridized carbons (Fsp3) is 0.500. The van der Waals surface area contributed by atoms with Gasteiger partial charge in [0, 0.05) is 58.0 Å². The summed E-state index contributed by atoms with van der Waals surface area (Å²) in [5.74, 6) is 0.452. The van der Waals surface area contributed by atoms with Crippen LogP contribution in [0.5, 0.6) is 0 Å². The van der Waals surface area contributed by atoms with Crippen molar-refractivity contribution in [1.82, 2.24) is 14.8 Å². The van der Waals surface area contributed by atoms with Crippen molar-refractivity contribution in [3.8, 4) is 0 Å². The Morgan fingerprint density at radius 1 is 1.14 bits per heavy atom. The second-order valence-corrected chi connectivity index (χ2v) is 9.77. The fourth-order valence-corrected chi connectivity index (χ4v) is 4.92. The summed E-state index contributed by atoms with van der Waals surface area (Å²) in [4.78, 5) is 35.1. The number of nitrogens with zero attached hydrogens (tertiary/aromatic N) is 4. The number of likely N-dealkylation sites (N-methyl/N-ethyl adjacent to an activating group) is 1. The van der Waals surface area contributed by atoms with Crippen molar-refractivity contribution < 1.29 is 18.7 Å². The predicted octanol–water partition coefficient (Wildman–Crippen LogP) is 4.10. The smallest absolute Gasteiger partial charge is 0.263 e. The van der Waals surface area contributed by atoms with Crippen molar-refractivity contribution in [2.45, 2.75) is 50.7 Å². The zero-order valence-electron chi connectivity index (χ0n) is 20.3. The molecule has 4 rings (SSSR count). The predicted molar refractivity (Wildman–Crippen MR) is 133 cm³/mol. The van der Waals surface area contributed by atoms with E-state index in [2.05, 4.69) is 4.98 Å². The van der Waals surface area contributed by atoms with E-state index in [9.17, 15) is 14.0 Å². The molecule has 2 amide bonds. The Morgan fingerprint density at radius 3 is 2.60 bits per heavy atom. The number of ether oxygens (including phenoxy) is 1. The van der Waals surface area contributed by atoms with Gasteiger partial charge in [0.15, 0.2) is 17.7 Å². The molecule has 188 valence electrons. The molecule has 0 spiro atoms. The van der Waals surface area contributed by atoms with E-state index in [0.717, 1.165) is 32.1 Å². The molecule has 2 aliphatic heterocycles. The van der Waals surface area contributed by atoms with Gasteiger partial charge in [0.2, 0.25) is 0 Å². The molecule has 1 aliphatic carbocycles. The van der Waals surface area contributed by atoms with E-state index >= 15 is 0 Å². The van der Waals surface area contributed by atoms with Gasteiger partial charge in [-0.05, 0) is 56.4 Å². The topological polar surface area (TPSA) is 66.0 Å². The highest BCUT2D eigenvalue weighted by Crippen LogP contribution is 2.29. The van der Waals surface area contributed by atoms with Crippen molar-refractivity contribution in [3.63, 3.8) is 0 Å². The number of allylic oxidation sites excluding steroid dienone is 3. The van der Waals surface area contributed by atoms with E-state index in [-0.39, 0.29) is 22.9 Å². The third-order valence-electron chi connectivity index (χ3n) is 6.66. The van der Waals surface area contributed by atoms with Crippen LogP contribution in [0.1, 0.15) is 38.5 Å². The molecule has 3 heterocycles. The van der Waals surface area contributed by atoms with Gasteiger partial charge in [0.05, 0.1) is 5.02 Å². The van der Waals surface area contributed by atoms with E-state index in [1.165, 1.54) is 12.3 Å². The second kappa shape index (κ2) is 11.2. The number of aromatic nitrogens is 1. The number of halogens is 2. The molecule has 1 atom stereocenters. The monoisotopic (exact) mass is 502 g/mol. The molecule has 0 radical (unpaired) electrons. The molecule has 35 heavy (non-hydrogen) atoms. The third kappa shape index (κ3) is 6.04. The molecule has 1 aromatic heterocycles. The summed E-state index contributed by atoms with van der Waals surface area (Å²) in [6.45, 7) is 1.88. The van der Waals surface area contributed by atoms with Crippen LogP contribution < -0.4 is 4.90 Å². The molecule has 2 fully saturated rings. The lowest BCUT2D eigenvalue weighted by Crippen LogP contribution is -2.47. The van der Waals surface area contributed by atoms with Gasteiger partial charge in [0.25, 0.3) is 11.8 Å². The van der Waals surface area contributed by atoms with Crippen molar-refractivity contribution in [1.29, 1.82) is 0 Å². The molecule has 0 bridgehead atoms. The number of amides is 2. The normalized spacial score (nSPS) is 21.7. The van der Waals surface area contributed by atoms with Crippen LogP contribution in [0.4, 0.5) is 10.2 Å². The quantitative estimate of drug-likeness (QED) is 0.606. The highest BCUT2D eigenvalue weighted by Gasteiger charge is 2.39. The van der Waals surface area contributed by atoms with E-state index in [0.29, 0.717) is 43.2 Å². The van der Waals surface area contributed by atoms with Gasteiger partial charge in [-0.3, -0.25) is 9.59 Å². The first-order valence-electron chi connectivity index (χ1n) is 12.2. The van der Waals surface area contributed by atoms with Crippen molar-refractivity contribution in [2.75, 3.05) is 38.6 Å². The standard InChI is InChI=1S/C26H32ClFN4O3/c1-30(2)25(33)18-6-4-3-5-7-21(9-8-18)35-23-12-15-32(26(23)34)20-10-13-31(14-11-20)24-22(28)16-19(27)17-29-24/h6-9,16-17,20,23H,3-5,10-15H2,1-2H3. The van der Waals surface area contributed by atoms with Gasteiger partial charge in [0.1, 0.15) is 5.76 Å². The van der Waals surface area contributed by atoms with Gasteiger partial charge in [-0.2, -0.15) is 0 Å². The van der Waals surface area contributed by atoms with Crippen molar-refractivity contribution >= 4 is 29.2 Å². The molecule has 0 aromatic carbocycles. The van der Waals surface area contributed by atoms with E-state index in [1.807, 2.05) is 22.0 Å². The van der Waals surface area contributed by atoms with Gasteiger partial charge < -0.3 is 19.4 Å². The highest BCUT2D eigenvalue weighted by atomic mass is 35.5. The molecule has 1 unspecified atom stereocenters. The molecule has 1 aromatic rings. The highest BCUT2D eigenvalue weighted by molar-refractivity contribution is 6.30. The van der Waals surface area contributed by atoms with E-state index < -0.39 is 11.9 Å². The van der Waals surface area contributed by atoms with E-state index in [1.54, 1.807) is 31.1 Å². The third-order valence-corrected chi connectivity index (χ3v) is 6.87. The Bertz CT molecular complexity index is 1050. The van der Waals surface area contributed by atoms with Crippen LogP contribution in [0.25, 0.3) is 0 Å². The van der Waals surface area contributed by atoms with Crippen LogP contribution in [-0.4, -0.2) is 72.5 Å².